The molecule has 1 aromatic heterocycles. The third-order valence-corrected chi connectivity index (χ3v) is 5.92. The third-order valence-electron chi connectivity index (χ3n) is 5.67. The van der Waals surface area contributed by atoms with Crippen molar-refractivity contribution in [1.82, 2.24) is 19.9 Å². The number of carbonyl (C=O) groups excluding carboxylic acids is 1. The minimum absolute atomic E-state index is 0.109. The van der Waals surface area contributed by atoms with E-state index < -0.39 is 5.79 Å². The highest BCUT2D eigenvalue weighted by Gasteiger charge is 2.41. The molecule has 1 spiro atoms. The molecule has 0 unspecified atom stereocenters. The number of amides is 1. The molecule has 3 aliphatic rings. The number of fused-ring (bicyclic) bond motifs is 1. The summed E-state index contributed by atoms with van der Waals surface area (Å²) in [6.07, 6.45) is 1.22. The van der Waals surface area contributed by atoms with Gasteiger partial charge in [0.05, 0.1) is 32.1 Å². The van der Waals surface area contributed by atoms with Crippen LogP contribution in [0.5, 0.6) is 0 Å². The van der Waals surface area contributed by atoms with Gasteiger partial charge in [-0.05, 0) is 17.7 Å². The van der Waals surface area contributed by atoms with E-state index in [0.717, 1.165) is 11.3 Å². The number of likely N-dealkylation sites (tertiary alicyclic amines) is 1. The molecule has 0 saturated carbocycles. The van der Waals surface area contributed by atoms with E-state index in [0.29, 0.717) is 63.0 Å². The van der Waals surface area contributed by atoms with Gasteiger partial charge in [-0.3, -0.25) is 4.79 Å². The van der Waals surface area contributed by atoms with Gasteiger partial charge in [0, 0.05) is 31.0 Å². The first-order chi connectivity index (χ1) is 13.6. The van der Waals surface area contributed by atoms with Gasteiger partial charge in [0.25, 0.3) is 5.91 Å². The lowest BCUT2D eigenvalue weighted by Crippen LogP contribution is -2.47. The Morgan fingerprint density at radius 3 is 2.57 bits per heavy atom. The predicted octanol–water partition coefficient (Wildman–Crippen LogP) is 2.18. The summed E-state index contributed by atoms with van der Waals surface area (Å²) in [7, 11) is 0. The molecule has 148 valence electrons. The average Bonchev–Trinajstić information content (AvgIpc) is 3.35. The van der Waals surface area contributed by atoms with E-state index in [1.54, 1.807) is 9.58 Å². The van der Waals surface area contributed by atoms with Crippen LogP contribution in [0.2, 0.25) is 5.02 Å². The molecule has 3 aliphatic heterocycles. The molecule has 8 nitrogen and oxygen atoms in total. The van der Waals surface area contributed by atoms with E-state index in [-0.39, 0.29) is 12.0 Å². The first-order valence-electron chi connectivity index (χ1n) is 9.50. The zero-order valence-electron chi connectivity index (χ0n) is 15.3. The van der Waals surface area contributed by atoms with Crippen LogP contribution in [0.3, 0.4) is 0 Å². The Bertz CT molecular complexity index is 869. The van der Waals surface area contributed by atoms with E-state index >= 15 is 0 Å². The van der Waals surface area contributed by atoms with E-state index in [4.69, 9.17) is 25.8 Å². The van der Waals surface area contributed by atoms with E-state index in [1.165, 1.54) is 0 Å². The number of piperidine rings is 1. The quantitative estimate of drug-likeness (QED) is 0.763. The minimum atomic E-state index is -0.502. The van der Waals surface area contributed by atoms with Crippen molar-refractivity contribution in [3.8, 4) is 0 Å². The van der Waals surface area contributed by atoms with Gasteiger partial charge in [0.2, 0.25) is 0 Å². The fraction of sp³-hybridized carbons (Fsp3) is 0.526. The maximum absolute atomic E-state index is 13.0. The lowest BCUT2D eigenvalue weighted by atomic mass is 10.0. The van der Waals surface area contributed by atoms with Crippen molar-refractivity contribution < 1.29 is 19.0 Å². The van der Waals surface area contributed by atoms with Crippen LogP contribution in [0.1, 0.15) is 40.7 Å². The Morgan fingerprint density at radius 2 is 1.86 bits per heavy atom. The lowest BCUT2D eigenvalue weighted by Gasteiger charge is -2.37. The summed E-state index contributed by atoms with van der Waals surface area (Å²) >= 11 is 5.96. The number of benzene rings is 1. The van der Waals surface area contributed by atoms with Crippen LogP contribution in [-0.2, 0) is 27.4 Å². The fourth-order valence-electron chi connectivity index (χ4n) is 4.04. The molecule has 1 atom stereocenters. The number of ether oxygens (including phenoxy) is 3. The first kappa shape index (κ1) is 18.1. The second-order valence-corrected chi connectivity index (χ2v) is 7.75. The normalized spacial score (nSPS) is 23.8. The van der Waals surface area contributed by atoms with Gasteiger partial charge in [0.1, 0.15) is 6.10 Å². The maximum atomic E-state index is 13.0. The number of aromatic nitrogens is 3. The number of rotatable bonds is 2. The molecule has 0 radical (unpaired) electrons. The summed E-state index contributed by atoms with van der Waals surface area (Å²) in [5.41, 5.74) is 2.12. The molecule has 2 saturated heterocycles. The maximum Gasteiger partial charge on any atom is 0.276 e. The smallest absolute Gasteiger partial charge is 0.276 e. The van der Waals surface area contributed by atoms with Crippen molar-refractivity contribution in [3.63, 3.8) is 0 Å². The molecule has 4 heterocycles. The zero-order valence-corrected chi connectivity index (χ0v) is 16.1. The predicted molar refractivity (Wildman–Crippen MR) is 98.8 cm³/mol. The Balaban J connectivity index is 1.28. The Kier molecular flexibility index (Phi) is 4.59. The number of halogens is 1. The molecule has 2 fully saturated rings. The molecule has 0 aliphatic carbocycles. The van der Waals surface area contributed by atoms with Crippen molar-refractivity contribution in [2.24, 2.45) is 0 Å². The molecule has 5 rings (SSSR count). The van der Waals surface area contributed by atoms with Crippen LogP contribution in [-0.4, -0.2) is 57.9 Å². The Hall–Kier alpha value is -2.00. The zero-order chi connectivity index (χ0) is 19.1. The van der Waals surface area contributed by atoms with Gasteiger partial charge in [-0.2, -0.15) is 0 Å². The van der Waals surface area contributed by atoms with Gasteiger partial charge >= 0.3 is 0 Å². The van der Waals surface area contributed by atoms with Crippen LogP contribution in [0.4, 0.5) is 0 Å². The van der Waals surface area contributed by atoms with Crippen LogP contribution in [0.25, 0.3) is 0 Å². The molecule has 1 aromatic carbocycles. The molecule has 0 N–H and O–H groups in total. The number of hydrogen-bond acceptors (Lipinski definition) is 6. The molecular weight excluding hydrogens is 384 g/mol. The average molecular weight is 405 g/mol. The SMILES string of the molecule is O=C(c1nnn2c1CO[C@@H](c1ccc(Cl)cc1)C2)N1CCC2(CC1)OCCO2. The summed E-state index contributed by atoms with van der Waals surface area (Å²) in [4.78, 5) is 14.8. The highest BCUT2D eigenvalue weighted by molar-refractivity contribution is 6.30. The molecule has 2 aromatic rings. The molecule has 28 heavy (non-hydrogen) atoms. The van der Waals surface area contributed by atoms with Crippen molar-refractivity contribution in [1.29, 1.82) is 0 Å². The highest BCUT2D eigenvalue weighted by atomic mass is 35.5. The topological polar surface area (TPSA) is 78.7 Å². The van der Waals surface area contributed by atoms with E-state index in [1.807, 2.05) is 24.3 Å². The second-order valence-electron chi connectivity index (χ2n) is 7.32. The minimum Gasteiger partial charge on any atom is -0.365 e. The van der Waals surface area contributed by atoms with Crippen molar-refractivity contribution >= 4 is 17.5 Å². The molecule has 1 amide bonds. The summed E-state index contributed by atoms with van der Waals surface area (Å²) in [6, 6.07) is 7.56. The third kappa shape index (κ3) is 3.20. The standard InChI is InChI=1S/C19H21ClN4O4/c20-14-3-1-13(2-4-14)16-11-24-15(12-26-16)17(21-22-24)18(25)23-7-5-19(6-8-23)27-9-10-28-19/h1-4,16H,5-12H2/t16-/m1/s1. The summed E-state index contributed by atoms with van der Waals surface area (Å²) in [5, 5.41) is 9.05. The monoisotopic (exact) mass is 404 g/mol. The first-order valence-corrected chi connectivity index (χ1v) is 9.88. The highest BCUT2D eigenvalue weighted by Crippen LogP contribution is 2.32. The van der Waals surface area contributed by atoms with E-state index in [2.05, 4.69) is 10.3 Å². The summed E-state index contributed by atoms with van der Waals surface area (Å²) in [5.74, 6) is -0.611. The van der Waals surface area contributed by atoms with Gasteiger partial charge in [0.15, 0.2) is 11.5 Å². The van der Waals surface area contributed by atoms with E-state index in [9.17, 15) is 4.79 Å². The molecular formula is C19H21ClN4O4. The van der Waals surface area contributed by atoms with Gasteiger partial charge in [-0.15, -0.1) is 5.10 Å². The van der Waals surface area contributed by atoms with Gasteiger partial charge in [-0.1, -0.05) is 28.9 Å². The van der Waals surface area contributed by atoms with Crippen LogP contribution in [0.15, 0.2) is 24.3 Å². The number of carbonyl (C=O) groups is 1. The largest absolute Gasteiger partial charge is 0.365 e. The van der Waals surface area contributed by atoms with Gasteiger partial charge in [-0.25, -0.2) is 4.68 Å². The van der Waals surface area contributed by atoms with Crippen molar-refractivity contribution in [2.75, 3.05) is 26.3 Å². The number of nitrogens with zero attached hydrogens (tertiary/aromatic N) is 4. The Labute approximate surface area is 167 Å². The van der Waals surface area contributed by atoms with Crippen LogP contribution < -0.4 is 0 Å². The fourth-order valence-corrected chi connectivity index (χ4v) is 4.17. The molecule has 0 bridgehead atoms. The van der Waals surface area contributed by atoms with Gasteiger partial charge < -0.3 is 19.1 Å². The van der Waals surface area contributed by atoms with Crippen LogP contribution in [0, 0.1) is 0 Å². The summed E-state index contributed by atoms with van der Waals surface area (Å²) < 4.78 is 19.2. The van der Waals surface area contributed by atoms with Crippen molar-refractivity contribution in [3.05, 3.63) is 46.2 Å². The lowest BCUT2D eigenvalue weighted by molar-refractivity contribution is -0.181. The second kappa shape index (κ2) is 7.11. The Morgan fingerprint density at radius 1 is 1.14 bits per heavy atom. The van der Waals surface area contributed by atoms with Crippen molar-refractivity contribution in [2.45, 2.75) is 37.9 Å². The molecule has 9 heteroatoms. The van der Waals surface area contributed by atoms with Crippen LogP contribution >= 0.6 is 11.6 Å². The number of hydrogen-bond donors (Lipinski definition) is 0. The summed E-state index contributed by atoms with van der Waals surface area (Å²) in [6.45, 7) is 3.23.